The fourth-order valence-electron chi connectivity index (χ4n) is 3.59. The van der Waals surface area contributed by atoms with Crippen LogP contribution in [0, 0.1) is 20.8 Å². The molecule has 0 saturated heterocycles. The van der Waals surface area contributed by atoms with Crippen LogP contribution in [0.15, 0.2) is 71.7 Å². The number of hydrogen-bond acceptors (Lipinski definition) is 3. The van der Waals surface area contributed by atoms with Crippen molar-refractivity contribution in [2.75, 3.05) is 16.8 Å². The largest absolute Gasteiger partial charge is 0.325 e. The molecule has 3 aromatic rings. The molecule has 1 aliphatic rings. The average Bonchev–Trinajstić information content (AvgIpc) is 2.88. The first-order valence-corrected chi connectivity index (χ1v) is 10.3. The molecular formula is C26H25N3O2. The van der Waals surface area contributed by atoms with Crippen molar-refractivity contribution in [2.24, 2.45) is 4.99 Å². The molecule has 5 nitrogen and oxygen atoms in total. The third-order valence-electron chi connectivity index (χ3n) is 5.52. The number of carbonyl (C=O) groups excluding carboxylic acids is 2. The summed E-state index contributed by atoms with van der Waals surface area (Å²) in [5.74, 6) is -0.398. The number of hydrogen-bond donors (Lipinski definition) is 1. The van der Waals surface area contributed by atoms with Crippen LogP contribution in [0.1, 0.15) is 28.7 Å². The monoisotopic (exact) mass is 411 g/mol. The number of aliphatic imine (C=N–C) groups is 1. The highest BCUT2D eigenvalue weighted by atomic mass is 16.2. The molecule has 156 valence electrons. The summed E-state index contributed by atoms with van der Waals surface area (Å²) in [5, 5.41) is 2.91. The maximum Gasteiger partial charge on any atom is 0.244 e. The lowest BCUT2D eigenvalue weighted by atomic mass is 10.1. The quantitative estimate of drug-likeness (QED) is 0.649. The Balaban J connectivity index is 1.59. The molecule has 2 amide bonds. The summed E-state index contributed by atoms with van der Waals surface area (Å²) in [4.78, 5) is 32.3. The standard InChI is InChI=1S/C26H25N3O2/c1-17-8-11-20(12-9-17)23-15-26(31)29(24-7-5-4-6-22(24)28-23)16-25(30)27-21-13-10-18(2)19(3)14-21/h4-14H,15-16H2,1-3H3,(H,27,30). The number of carbonyl (C=O) groups is 2. The molecule has 0 aromatic heterocycles. The number of anilines is 2. The Labute approximate surface area is 182 Å². The minimum atomic E-state index is -0.245. The summed E-state index contributed by atoms with van der Waals surface area (Å²) in [7, 11) is 0. The van der Waals surface area contributed by atoms with Crippen LogP contribution in [-0.4, -0.2) is 24.1 Å². The minimum absolute atomic E-state index is 0.0700. The number of rotatable bonds is 4. The van der Waals surface area contributed by atoms with E-state index < -0.39 is 0 Å². The number of nitrogens with one attached hydrogen (secondary N) is 1. The van der Waals surface area contributed by atoms with E-state index in [0.717, 1.165) is 27.9 Å². The van der Waals surface area contributed by atoms with Gasteiger partial charge in [-0.1, -0.05) is 48.0 Å². The van der Waals surface area contributed by atoms with E-state index in [-0.39, 0.29) is 24.8 Å². The molecule has 1 N–H and O–H groups in total. The van der Waals surface area contributed by atoms with Gasteiger partial charge in [0.05, 0.1) is 23.5 Å². The summed E-state index contributed by atoms with van der Waals surface area (Å²) < 4.78 is 0. The molecule has 4 rings (SSSR count). The van der Waals surface area contributed by atoms with Crippen LogP contribution >= 0.6 is 0 Å². The normalized spacial score (nSPS) is 13.3. The van der Waals surface area contributed by atoms with Crippen molar-refractivity contribution >= 4 is 34.6 Å². The highest BCUT2D eigenvalue weighted by molar-refractivity contribution is 6.19. The Hall–Kier alpha value is -3.73. The van der Waals surface area contributed by atoms with Gasteiger partial charge in [-0.2, -0.15) is 0 Å². The van der Waals surface area contributed by atoms with Gasteiger partial charge in [0.2, 0.25) is 11.8 Å². The van der Waals surface area contributed by atoms with E-state index in [1.807, 2.05) is 87.5 Å². The highest BCUT2D eigenvalue weighted by Crippen LogP contribution is 2.33. The van der Waals surface area contributed by atoms with Crippen molar-refractivity contribution in [3.63, 3.8) is 0 Å². The lowest BCUT2D eigenvalue weighted by Gasteiger charge is -2.22. The first-order valence-electron chi connectivity index (χ1n) is 10.3. The van der Waals surface area contributed by atoms with E-state index in [0.29, 0.717) is 17.1 Å². The second-order valence-corrected chi connectivity index (χ2v) is 7.92. The first kappa shape index (κ1) is 20.5. The van der Waals surface area contributed by atoms with Gasteiger partial charge in [-0.3, -0.25) is 14.6 Å². The third kappa shape index (κ3) is 4.56. The number of fused-ring (bicyclic) bond motifs is 1. The Bertz CT molecular complexity index is 1180. The fraction of sp³-hybridized carbons (Fsp3) is 0.192. The number of benzene rings is 3. The van der Waals surface area contributed by atoms with Crippen LogP contribution in [0.25, 0.3) is 0 Å². The molecule has 0 bridgehead atoms. The van der Waals surface area contributed by atoms with Crippen molar-refractivity contribution in [3.8, 4) is 0 Å². The van der Waals surface area contributed by atoms with E-state index in [1.165, 1.54) is 4.90 Å². The van der Waals surface area contributed by atoms with Gasteiger partial charge in [0.1, 0.15) is 6.54 Å². The maximum atomic E-state index is 13.2. The lowest BCUT2D eigenvalue weighted by molar-refractivity contribution is -0.120. The molecule has 0 fully saturated rings. The summed E-state index contributed by atoms with van der Waals surface area (Å²) in [6, 6.07) is 21.2. The van der Waals surface area contributed by atoms with Crippen molar-refractivity contribution in [1.29, 1.82) is 0 Å². The van der Waals surface area contributed by atoms with E-state index in [2.05, 4.69) is 5.32 Å². The van der Waals surface area contributed by atoms with Gasteiger partial charge in [0.25, 0.3) is 0 Å². The summed E-state index contributed by atoms with van der Waals surface area (Å²) in [5.41, 5.74) is 7.08. The van der Waals surface area contributed by atoms with Gasteiger partial charge >= 0.3 is 0 Å². The molecule has 0 atom stereocenters. The summed E-state index contributed by atoms with van der Waals surface area (Å²) >= 11 is 0. The summed E-state index contributed by atoms with van der Waals surface area (Å²) in [6.07, 6.45) is 0.134. The zero-order chi connectivity index (χ0) is 22.0. The Morgan fingerprint density at radius 2 is 1.71 bits per heavy atom. The Morgan fingerprint density at radius 3 is 2.45 bits per heavy atom. The van der Waals surface area contributed by atoms with Gasteiger partial charge < -0.3 is 10.2 Å². The SMILES string of the molecule is Cc1ccc(C2=Nc3ccccc3N(CC(=O)Nc3ccc(C)c(C)c3)C(=O)C2)cc1. The predicted octanol–water partition coefficient (Wildman–Crippen LogP) is 5.11. The second-order valence-electron chi connectivity index (χ2n) is 7.92. The van der Waals surface area contributed by atoms with Crippen molar-refractivity contribution < 1.29 is 9.59 Å². The minimum Gasteiger partial charge on any atom is -0.325 e. The molecule has 1 heterocycles. The molecule has 31 heavy (non-hydrogen) atoms. The van der Waals surface area contributed by atoms with Crippen molar-refractivity contribution in [2.45, 2.75) is 27.2 Å². The molecular weight excluding hydrogens is 386 g/mol. The average molecular weight is 412 g/mol. The molecule has 0 saturated carbocycles. The molecule has 5 heteroatoms. The van der Waals surface area contributed by atoms with Gasteiger partial charge in [-0.25, -0.2) is 0 Å². The number of amides is 2. The molecule has 3 aromatic carbocycles. The fourth-order valence-corrected chi connectivity index (χ4v) is 3.59. The summed E-state index contributed by atoms with van der Waals surface area (Å²) in [6.45, 7) is 5.98. The van der Waals surface area contributed by atoms with Gasteiger partial charge in [-0.15, -0.1) is 0 Å². The molecule has 1 aliphatic heterocycles. The zero-order valence-electron chi connectivity index (χ0n) is 18.0. The molecule has 0 aliphatic carbocycles. The van der Waals surface area contributed by atoms with Gasteiger partial charge in [0.15, 0.2) is 0 Å². The Morgan fingerprint density at radius 1 is 0.968 bits per heavy atom. The third-order valence-corrected chi connectivity index (χ3v) is 5.52. The highest BCUT2D eigenvalue weighted by Gasteiger charge is 2.26. The lowest BCUT2D eigenvalue weighted by Crippen LogP contribution is -2.38. The van der Waals surface area contributed by atoms with Crippen LogP contribution in [0.2, 0.25) is 0 Å². The van der Waals surface area contributed by atoms with Crippen LogP contribution in [-0.2, 0) is 9.59 Å². The number of aryl methyl sites for hydroxylation is 3. The van der Waals surface area contributed by atoms with Crippen LogP contribution < -0.4 is 10.2 Å². The maximum absolute atomic E-state index is 13.2. The van der Waals surface area contributed by atoms with Crippen LogP contribution in [0.5, 0.6) is 0 Å². The topological polar surface area (TPSA) is 61.8 Å². The molecule has 0 radical (unpaired) electrons. The molecule has 0 unspecified atom stereocenters. The molecule has 0 spiro atoms. The smallest absolute Gasteiger partial charge is 0.244 e. The zero-order valence-corrected chi connectivity index (χ0v) is 18.0. The Kier molecular flexibility index (Phi) is 5.67. The number of nitrogens with zero attached hydrogens (tertiary/aromatic N) is 2. The van der Waals surface area contributed by atoms with E-state index in [4.69, 9.17) is 4.99 Å². The van der Waals surface area contributed by atoms with E-state index in [9.17, 15) is 9.59 Å². The van der Waals surface area contributed by atoms with Crippen molar-refractivity contribution in [1.82, 2.24) is 0 Å². The van der Waals surface area contributed by atoms with Gasteiger partial charge in [-0.05, 0) is 61.7 Å². The predicted molar refractivity (Wildman–Crippen MR) is 125 cm³/mol. The number of para-hydroxylation sites is 2. The van der Waals surface area contributed by atoms with E-state index >= 15 is 0 Å². The first-order chi connectivity index (χ1) is 14.9. The van der Waals surface area contributed by atoms with Crippen molar-refractivity contribution in [3.05, 3.63) is 89.0 Å². The van der Waals surface area contributed by atoms with Gasteiger partial charge in [0, 0.05) is 5.69 Å². The second kappa shape index (κ2) is 8.56. The van der Waals surface area contributed by atoms with Crippen LogP contribution in [0.4, 0.5) is 17.1 Å². The van der Waals surface area contributed by atoms with E-state index in [1.54, 1.807) is 0 Å². The van der Waals surface area contributed by atoms with Crippen LogP contribution in [0.3, 0.4) is 0 Å².